The second-order valence-electron chi connectivity index (χ2n) is 9.57. The largest absolute Gasteiger partial charge is 0.494 e. The van der Waals surface area contributed by atoms with E-state index < -0.39 is 0 Å². The Hall–Kier alpha value is -2.94. The predicted octanol–water partition coefficient (Wildman–Crippen LogP) is 3.08. The lowest BCUT2D eigenvalue weighted by Crippen LogP contribution is -2.46. The number of aromatic nitrogens is 2. The van der Waals surface area contributed by atoms with Gasteiger partial charge >= 0.3 is 0 Å². The van der Waals surface area contributed by atoms with Gasteiger partial charge in [0.25, 0.3) is 5.56 Å². The topological polar surface area (TPSA) is 114 Å². The van der Waals surface area contributed by atoms with Gasteiger partial charge in [0.1, 0.15) is 12.3 Å². The molecule has 190 valence electrons. The molecule has 0 spiro atoms. The quantitative estimate of drug-likeness (QED) is 0.474. The van der Waals surface area contributed by atoms with E-state index in [0.29, 0.717) is 48.6 Å². The standard InChI is InChI=1S/C26H36N4O5/c1-2-7-22(18-8-4-3-5-9-18)29(13-14-31)24(33)10-6-15-35-19-11-12-20-21(16-19)27-26-28-23(32)17-30(26)25(20)34/h11-12,16,18,22,31H,2-10,13-15,17H2,1H3,(H,27,28,32). The first-order valence-corrected chi connectivity index (χ1v) is 12.9. The van der Waals surface area contributed by atoms with Crippen molar-refractivity contribution in [3.8, 4) is 5.75 Å². The molecule has 1 aromatic carbocycles. The summed E-state index contributed by atoms with van der Waals surface area (Å²) in [4.78, 5) is 43.6. The molecule has 9 nitrogen and oxygen atoms in total. The number of ether oxygens (including phenoxy) is 1. The molecule has 9 heteroatoms. The summed E-state index contributed by atoms with van der Waals surface area (Å²) in [5.41, 5.74) is 0.199. The Morgan fingerprint density at radius 3 is 2.83 bits per heavy atom. The number of aliphatic hydroxyl groups excluding tert-OH is 1. The fourth-order valence-electron chi connectivity index (χ4n) is 5.44. The van der Waals surface area contributed by atoms with E-state index in [9.17, 15) is 19.5 Å². The highest BCUT2D eigenvalue weighted by molar-refractivity contribution is 5.94. The maximum Gasteiger partial charge on any atom is 0.263 e. The minimum atomic E-state index is -0.260. The normalized spacial score (nSPS) is 16.7. The van der Waals surface area contributed by atoms with Crippen LogP contribution in [0.4, 0.5) is 5.95 Å². The fourth-order valence-corrected chi connectivity index (χ4v) is 5.44. The highest BCUT2D eigenvalue weighted by atomic mass is 16.5. The van der Waals surface area contributed by atoms with Crippen LogP contribution in [-0.4, -0.2) is 57.2 Å². The summed E-state index contributed by atoms with van der Waals surface area (Å²) in [5, 5.41) is 12.6. The molecule has 1 saturated carbocycles. The molecular weight excluding hydrogens is 448 g/mol. The maximum atomic E-state index is 13.1. The number of aliphatic hydroxyl groups is 1. The van der Waals surface area contributed by atoms with Gasteiger partial charge in [-0.1, -0.05) is 32.6 Å². The van der Waals surface area contributed by atoms with E-state index in [1.807, 2.05) is 4.90 Å². The van der Waals surface area contributed by atoms with E-state index in [0.717, 1.165) is 25.7 Å². The van der Waals surface area contributed by atoms with Crippen molar-refractivity contribution in [3.63, 3.8) is 0 Å². The predicted molar refractivity (Wildman–Crippen MR) is 133 cm³/mol. The number of anilines is 1. The number of carbonyl (C=O) groups excluding carboxylic acids is 2. The average Bonchev–Trinajstić information content (AvgIpc) is 3.24. The Kier molecular flexibility index (Phi) is 8.38. The van der Waals surface area contributed by atoms with Gasteiger partial charge in [-0.05, 0) is 43.7 Å². The fraction of sp³-hybridized carbons (Fsp3) is 0.615. The first kappa shape index (κ1) is 25.2. The van der Waals surface area contributed by atoms with Crippen LogP contribution in [0.25, 0.3) is 10.9 Å². The van der Waals surface area contributed by atoms with Gasteiger partial charge in [0.05, 0.1) is 24.1 Å². The van der Waals surface area contributed by atoms with Crippen LogP contribution < -0.4 is 15.6 Å². The molecule has 1 aromatic heterocycles. The molecule has 4 rings (SSSR count). The summed E-state index contributed by atoms with van der Waals surface area (Å²) in [5.74, 6) is 1.15. The molecule has 2 aliphatic rings. The summed E-state index contributed by atoms with van der Waals surface area (Å²) in [7, 11) is 0. The van der Waals surface area contributed by atoms with Gasteiger partial charge < -0.3 is 14.7 Å². The molecule has 1 aliphatic heterocycles. The SMILES string of the molecule is CCCC(C1CCCCC1)N(CCO)C(=O)CCCOc1ccc2c(=O)n3c(nc2c1)NC(=O)C3. The Morgan fingerprint density at radius 2 is 2.09 bits per heavy atom. The Morgan fingerprint density at radius 1 is 1.29 bits per heavy atom. The minimum absolute atomic E-state index is 0.0173. The third kappa shape index (κ3) is 5.83. The van der Waals surface area contributed by atoms with Crippen LogP contribution in [0.3, 0.4) is 0 Å². The van der Waals surface area contributed by atoms with E-state index in [2.05, 4.69) is 17.2 Å². The van der Waals surface area contributed by atoms with Gasteiger partial charge in [-0.2, -0.15) is 0 Å². The molecule has 1 unspecified atom stereocenters. The highest BCUT2D eigenvalue weighted by Crippen LogP contribution is 2.31. The number of hydrogen-bond acceptors (Lipinski definition) is 6. The molecule has 2 amide bonds. The van der Waals surface area contributed by atoms with Crippen LogP contribution in [0.5, 0.6) is 5.75 Å². The summed E-state index contributed by atoms with van der Waals surface area (Å²) in [6.45, 7) is 2.85. The maximum absolute atomic E-state index is 13.1. The monoisotopic (exact) mass is 484 g/mol. The first-order valence-electron chi connectivity index (χ1n) is 12.9. The van der Waals surface area contributed by atoms with Crippen LogP contribution in [0.15, 0.2) is 23.0 Å². The average molecular weight is 485 g/mol. The molecule has 2 aromatic rings. The van der Waals surface area contributed by atoms with Crippen LogP contribution in [0.1, 0.15) is 64.7 Å². The van der Waals surface area contributed by atoms with Gasteiger partial charge in [-0.3, -0.25) is 24.3 Å². The van der Waals surface area contributed by atoms with Crippen molar-refractivity contribution in [2.24, 2.45) is 5.92 Å². The number of amides is 2. The molecule has 0 saturated heterocycles. The van der Waals surface area contributed by atoms with E-state index in [-0.39, 0.29) is 42.5 Å². The van der Waals surface area contributed by atoms with E-state index in [1.165, 1.54) is 23.8 Å². The van der Waals surface area contributed by atoms with Crippen LogP contribution in [0.2, 0.25) is 0 Å². The molecule has 1 aliphatic carbocycles. The van der Waals surface area contributed by atoms with E-state index >= 15 is 0 Å². The number of fused-ring (bicyclic) bond motifs is 2. The number of hydrogen-bond donors (Lipinski definition) is 2. The second kappa shape index (κ2) is 11.7. The van der Waals surface area contributed by atoms with Crippen molar-refractivity contribution in [2.75, 3.05) is 25.1 Å². The summed E-state index contributed by atoms with van der Waals surface area (Å²) < 4.78 is 7.18. The van der Waals surface area contributed by atoms with Crippen molar-refractivity contribution in [1.29, 1.82) is 0 Å². The van der Waals surface area contributed by atoms with Crippen molar-refractivity contribution < 1.29 is 19.4 Å². The molecular formula is C26H36N4O5. The van der Waals surface area contributed by atoms with Crippen LogP contribution >= 0.6 is 0 Å². The van der Waals surface area contributed by atoms with Crippen LogP contribution in [-0.2, 0) is 16.1 Å². The number of nitrogens with one attached hydrogen (secondary N) is 1. The zero-order chi connectivity index (χ0) is 24.8. The van der Waals surface area contributed by atoms with Gasteiger partial charge in [0.15, 0.2) is 0 Å². The zero-order valence-corrected chi connectivity index (χ0v) is 20.5. The molecule has 1 fully saturated rings. The molecule has 1 atom stereocenters. The Bertz CT molecular complexity index is 1110. The first-order chi connectivity index (χ1) is 17.0. The third-order valence-corrected chi connectivity index (χ3v) is 7.12. The lowest BCUT2D eigenvalue weighted by atomic mass is 9.81. The van der Waals surface area contributed by atoms with Crippen molar-refractivity contribution in [1.82, 2.24) is 14.5 Å². The van der Waals surface area contributed by atoms with Crippen LogP contribution in [0, 0.1) is 5.92 Å². The van der Waals surface area contributed by atoms with Crippen molar-refractivity contribution in [2.45, 2.75) is 77.3 Å². The summed E-state index contributed by atoms with van der Waals surface area (Å²) >= 11 is 0. The zero-order valence-electron chi connectivity index (χ0n) is 20.5. The van der Waals surface area contributed by atoms with Crippen molar-refractivity contribution >= 4 is 28.7 Å². The third-order valence-electron chi connectivity index (χ3n) is 7.12. The highest BCUT2D eigenvalue weighted by Gasteiger charge is 2.30. The number of rotatable bonds is 11. The minimum Gasteiger partial charge on any atom is -0.494 e. The molecule has 2 N–H and O–H groups in total. The summed E-state index contributed by atoms with van der Waals surface area (Å²) in [6, 6.07) is 5.25. The van der Waals surface area contributed by atoms with Crippen molar-refractivity contribution in [3.05, 3.63) is 28.6 Å². The molecule has 0 radical (unpaired) electrons. The lowest BCUT2D eigenvalue weighted by Gasteiger charge is -2.39. The smallest absolute Gasteiger partial charge is 0.263 e. The molecule has 35 heavy (non-hydrogen) atoms. The Labute approximate surface area is 205 Å². The van der Waals surface area contributed by atoms with Gasteiger partial charge in [0.2, 0.25) is 17.8 Å². The molecule has 0 bridgehead atoms. The number of carbonyl (C=O) groups is 2. The van der Waals surface area contributed by atoms with Gasteiger partial charge in [0, 0.05) is 25.1 Å². The van der Waals surface area contributed by atoms with E-state index in [1.54, 1.807) is 18.2 Å². The number of nitrogens with zero attached hydrogens (tertiary/aromatic N) is 3. The molecule has 2 heterocycles. The summed E-state index contributed by atoms with van der Waals surface area (Å²) in [6.07, 6.45) is 8.96. The van der Waals surface area contributed by atoms with E-state index in [4.69, 9.17) is 4.74 Å². The Balaban J connectivity index is 1.35. The van der Waals surface area contributed by atoms with Gasteiger partial charge in [-0.15, -0.1) is 0 Å². The second-order valence-corrected chi connectivity index (χ2v) is 9.57. The van der Waals surface area contributed by atoms with Gasteiger partial charge in [-0.25, -0.2) is 4.98 Å². The lowest BCUT2D eigenvalue weighted by molar-refractivity contribution is -0.136. The number of benzene rings is 1.